The molecule has 0 atom stereocenters. The molecule has 0 radical (unpaired) electrons. The zero-order valence-electron chi connectivity index (χ0n) is 17.9. The first-order valence-electron chi connectivity index (χ1n) is 10.2. The number of carbonyl (C=O) groups is 1. The van der Waals surface area contributed by atoms with Gasteiger partial charge >= 0.3 is 0 Å². The molecule has 3 rings (SSSR count). The minimum Gasteiger partial charge on any atom is -0.381 e. The van der Waals surface area contributed by atoms with Crippen molar-refractivity contribution in [2.45, 2.75) is 52.5 Å². The van der Waals surface area contributed by atoms with Gasteiger partial charge in [-0.3, -0.25) is 10.0 Å². The van der Waals surface area contributed by atoms with E-state index in [1.807, 2.05) is 31.2 Å². The van der Waals surface area contributed by atoms with Crippen molar-refractivity contribution in [1.29, 1.82) is 0 Å². The summed E-state index contributed by atoms with van der Waals surface area (Å²) in [5, 5.41) is 14.5. The number of rotatable bonds is 5. The summed E-state index contributed by atoms with van der Waals surface area (Å²) in [6.45, 7) is 9.80. The van der Waals surface area contributed by atoms with Crippen LogP contribution in [0.25, 0.3) is 0 Å². The fraction of sp³-hybridized carbons (Fsp3) is 0.458. The van der Waals surface area contributed by atoms with E-state index in [9.17, 15) is 10.0 Å². The van der Waals surface area contributed by atoms with E-state index in [4.69, 9.17) is 4.74 Å². The molecule has 1 aliphatic rings. The number of ether oxygens (including phenoxy) is 1. The lowest BCUT2D eigenvalue weighted by Crippen LogP contribution is -2.43. The summed E-state index contributed by atoms with van der Waals surface area (Å²) in [5.41, 5.74) is 3.75. The minimum atomic E-state index is -0.548. The van der Waals surface area contributed by atoms with Gasteiger partial charge < -0.3 is 10.1 Å². The summed E-state index contributed by atoms with van der Waals surface area (Å²) in [4.78, 5) is 12.6. The van der Waals surface area contributed by atoms with Crippen LogP contribution in [0.4, 0.5) is 11.4 Å². The molecular weight excluding hydrogens is 364 g/mol. The molecule has 5 nitrogen and oxygen atoms in total. The van der Waals surface area contributed by atoms with Crippen LogP contribution in [0.15, 0.2) is 48.5 Å². The molecule has 0 aliphatic carbocycles. The van der Waals surface area contributed by atoms with Crippen molar-refractivity contribution in [2.24, 2.45) is 5.41 Å². The highest BCUT2D eigenvalue weighted by molar-refractivity contribution is 5.81. The van der Waals surface area contributed by atoms with Gasteiger partial charge in [0, 0.05) is 24.6 Å². The predicted octanol–water partition coefficient (Wildman–Crippen LogP) is 5.26. The van der Waals surface area contributed by atoms with Crippen LogP contribution < -0.4 is 5.32 Å². The maximum atomic E-state index is 12.6. The van der Waals surface area contributed by atoms with Gasteiger partial charge in [0.1, 0.15) is 0 Å². The van der Waals surface area contributed by atoms with E-state index in [1.54, 1.807) is 0 Å². The fourth-order valence-corrected chi connectivity index (χ4v) is 3.51. The molecule has 0 saturated carbocycles. The molecule has 2 aromatic rings. The van der Waals surface area contributed by atoms with Gasteiger partial charge in [-0.1, -0.05) is 52.0 Å². The lowest BCUT2D eigenvalue weighted by molar-refractivity contribution is -0.183. The number of anilines is 2. The molecule has 1 amide bonds. The topological polar surface area (TPSA) is 61.8 Å². The number of hydrogen-bond acceptors (Lipinski definition) is 4. The molecular formula is C24H32N2O3. The number of hydrogen-bond donors (Lipinski definition) is 2. The average Bonchev–Trinajstić information content (AvgIpc) is 2.69. The second-order valence-electron chi connectivity index (χ2n) is 9.19. The molecule has 2 aromatic carbocycles. The smallest absolute Gasteiger partial charge is 0.252 e. The van der Waals surface area contributed by atoms with Crippen molar-refractivity contribution in [3.8, 4) is 0 Å². The molecule has 0 spiro atoms. The van der Waals surface area contributed by atoms with Gasteiger partial charge in [-0.15, -0.1) is 0 Å². The number of carbonyl (C=O) groups excluding carboxylic acids is 1. The van der Waals surface area contributed by atoms with Crippen LogP contribution in [0.2, 0.25) is 0 Å². The first kappa shape index (κ1) is 21.3. The molecule has 5 heteroatoms. The van der Waals surface area contributed by atoms with E-state index >= 15 is 0 Å². The molecule has 1 heterocycles. The van der Waals surface area contributed by atoms with E-state index in [-0.39, 0.29) is 17.9 Å². The standard InChI is InChI=1S/C24H32N2O3/c1-23(2,3)19-7-11-21(12-8-19)25-20-9-5-18(6-10-20)17-26(28)22(27)24(4)13-15-29-16-14-24/h5-12,25,28H,13-17H2,1-4H3. The van der Waals surface area contributed by atoms with Crippen molar-refractivity contribution in [2.75, 3.05) is 18.5 Å². The van der Waals surface area contributed by atoms with E-state index in [0.717, 1.165) is 22.0 Å². The van der Waals surface area contributed by atoms with Gasteiger partial charge in [-0.05, 0) is 53.6 Å². The first-order valence-corrected chi connectivity index (χ1v) is 10.2. The van der Waals surface area contributed by atoms with E-state index in [1.165, 1.54) is 5.56 Å². The highest BCUT2D eigenvalue weighted by Gasteiger charge is 2.38. The van der Waals surface area contributed by atoms with Gasteiger partial charge in [0.2, 0.25) is 0 Å². The number of nitrogens with zero attached hydrogens (tertiary/aromatic N) is 1. The van der Waals surface area contributed by atoms with Gasteiger partial charge in [0.05, 0.1) is 12.0 Å². The zero-order chi connectivity index (χ0) is 21.1. The monoisotopic (exact) mass is 396 g/mol. The Morgan fingerprint density at radius 1 is 1.03 bits per heavy atom. The van der Waals surface area contributed by atoms with Crippen LogP contribution in [0.5, 0.6) is 0 Å². The second kappa shape index (κ2) is 8.56. The lowest BCUT2D eigenvalue weighted by atomic mass is 9.81. The van der Waals surface area contributed by atoms with Crippen LogP contribution in [0, 0.1) is 5.41 Å². The Bertz CT molecular complexity index is 817. The molecule has 29 heavy (non-hydrogen) atoms. The third-order valence-corrected chi connectivity index (χ3v) is 5.67. The number of nitrogens with one attached hydrogen (secondary N) is 1. The van der Waals surface area contributed by atoms with Crippen LogP contribution >= 0.6 is 0 Å². The van der Waals surface area contributed by atoms with Crippen LogP contribution in [0.1, 0.15) is 51.7 Å². The van der Waals surface area contributed by atoms with Gasteiger partial charge in [-0.2, -0.15) is 0 Å². The Kier molecular flexibility index (Phi) is 6.30. The summed E-state index contributed by atoms with van der Waals surface area (Å²) in [6.07, 6.45) is 1.28. The summed E-state index contributed by atoms with van der Waals surface area (Å²) in [6, 6.07) is 16.2. The highest BCUT2D eigenvalue weighted by Crippen LogP contribution is 2.32. The van der Waals surface area contributed by atoms with E-state index in [2.05, 4.69) is 50.4 Å². The zero-order valence-corrected chi connectivity index (χ0v) is 17.9. The predicted molar refractivity (Wildman–Crippen MR) is 115 cm³/mol. The third-order valence-electron chi connectivity index (χ3n) is 5.67. The van der Waals surface area contributed by atoms with Crippen molar-refractivity contribution in [3.63, 3.8) is 0 Å². The lowest BCUT2D eigenvalue weighted by Gasteiger charge is -2.34. The van der Waals surface area contributed by atoms with Crippen LogP contribution in [-0.4, -0.2) is 29.4 Å². The number of benzene rings is 2. The van der Waals surface area contributed by atoms with Crippen LogP contribution in [0.3, 0.4) is 0 Å². The molecule has 2 N–H and O–H groups in total. The fourth-order valence-electron chi connectivity index (χ4n) is 3.51. The highest BCUT2D eigenvalue weighted by atomic mass is 16.5. The Balaban J connectivity index is 1.59. The number of amides is 1. The molecule has 0 unspecified atom stereocenters. The van der Waals surface area contributed by atoms with E-state index in [0.29, 0.717) is 26.1 Å². The molecule has 1 saturated heterocycles. The quantitative estimate of drug-likeness (QED) is 0.534. The van der Waals surface area contributed by atoms with Crippen molar-refractivity contribution in [3.05, 3.63) is 59.7 Å². The van der Waals surface area contributed by atoms with Crippen molar-refractivity contribution >= 4 is 17.3 Å². The minimum absolute atomic E-state index is 0.134. The third kappa shape index (κ3) is 5.37. The molecule has 0 bridgehead atoms. The maximum absolute atomic E-state index is 12.6. The average molecular weight is 397 g/mol. The molecule has 1 aliphatic heterocycles. The molecule has 156 valence electrons. The van der Waals surface area contributed by atoms with Gasteiger partial charge in [0.15, 0.2) is 0 Å². The Morgan fingerprint density at radius 3 is 2.07 bits per heavy atom. The Morgan fingerprint density at radius 2 is 1.55 bits per heavy atom. The van der Waals surface area contributed by atoms with Gasteiger partial charge in [-0.25, -0.2) is 5.06 Å². The summed E-state index contributed by atoms with van der Waals surface area (Å²) >= 11 is 0. The summed E-state index contributed by atoms with van der Waals surface area (Å²) < 4.78 is 5.34. The normalized spacial score (nSPS) is 16.3. The Labute approximate surface area is 173 Å². The molecule has 0 aromatic heterocycles. The first-order chi connectivity index (χ1) is 13.7. The summed E-state index contributed by atoms with van der Waals surface area (Å²) in [7, 11) is 0. The van der Waals surface area contributed by atoms with Crippen LogP contribution in [-0.2, 0) is 21.5 Å². The van der Waals surface area contributed by atoms with Gasteiger partial charge in [0.25, 0.3) is 5.91 Å². The number of hydroxylamine groups is 2. The van der Waals surface area contributed by atoms with Crippen molar-refractivity contribution in [1.82, 2.24) is 5.06 Å². The van der Waals surface area contributed by atoms with E-state index < -0.39 is 5.41 Å². The summed E-state index contributed by atoms with van der Waals surface area (Å²) in [5.74, 6) is -0.234. The SMILES string of the molecule is CC1(C(=O)N(O)Cc2ccc(Nc3ccc(C(C)(C)C)cc3)cc2)CCOCC1. The largest absolute Gasteiger partial charge is 0.381 e. The second-order valence-corrected chi connectivity index (χ2v) is 9.19. The van der Waals surface area contributed by atoms with Crippen molar-refractivity contribution < 1.29 is 14.7 Å². The Hall–Kier alpha value is -2.37. The molecule has 1 fully saturated rings. The maximum Gasteiger partial charge on any atom is 0.252 e.